The van der Waals surface area contributed by atoms with Crippen LogP contribution in [-0.2, 0) is 10.0 Å². The fourth-order valence-electron chi connectivity index (χ4n) is 2.49. The van der Waals surface area contributed by atoms with Gasteiger partial charge in [0, 0.05) is 18.1 Å². The molecule has 1 N–H and O–H groups in total. The van der Waals surface area contributed by atoms with Crippen LogP contribution in [0.4, 0.5) is 0 Å². The number of hydrogen-bond donors (Lipinski definition) is 1. The van der Waals surface area contributed by atoms with Crippen LogP contribution in [-0.4, -0.2) is 43.1 Å². The van der Waals surface area contributed by atoms with Crippen LogP contribution in [0.15, 0.2) is 12.7 Å². The monoisotopic (exact) mass is 288 g/mol. The molecular formula is C14H28N2O2S. The van der Waals surface area contributed by atoms with Crippen LogP contribution < -0.4 is 5.32 Å². The Balaban J connectivity index is 2.63. The first-order valence-corrected chi connectivity index (χ1v) is 8.73. The van der Waals surface area contributed by atoms with Crippen molar-refractivity contribution in [3.63, 3.8) is 0 Å². The van der Waals surface area contributed by atoms with Crippen LogP contribution in [0.5, 0.6) is 0 Å². The molecule has 1 heterocycles. The standard InChI is InChI=1S/C14H28N2O2S/c1-5-11-16(14(2,3)4)19(17,18)12-9-13-8-6-7-10-15-13/h5,13,15H,1,6-12H2,2-4H3. The Morgan fingerprint density at radius 2 is 2.05 bits per heavy atom. The molecule has 1 atom stereocenters. The van der Waals surface area contributed by atoms with Crippen LogP contribution >= 0.6 is 0 Å². The quantitative estimate of drug-likeness (QED) is 0.762. The summed E-state index contributed by atoms with van der Waals surface area (Å²) in [5.41, 5.74) is -0.396. The zero-order valence-corrected chi connectivity index (χ0v) is 13.3. The Morgan fingerprint density at radius 1 is 1.37 bits per heavy atom. The van der Waals surface area contributed by atoms with Crippen molar-refractivity contribution in [2.75, 3.05) is 18.8 Å². The molecule has 0 aliphatic carbocycles. The first-order chi connectivity index (χ1) is 8.77. The van der Waals surface area contributed by atoms with E-state index in [1.54, 1.807) is 10.4 Å². The van der Waals surface area contributed by atoms with E-state index in [9.17, 15) is 8.42 Å². The van der Waals surface area contributed by atoms with Crippen molar-refractivity contribution in [3.8, 4) is 0 Å². The molecule has 0 aromatic carbocycles. The first kappa shape index (κ1) is 16.7. The van der Waals surface area contributed by atoms with Gasteiger partial charge in [-0.15, -0.1) is 6.58 Å². The van der Waals surface area contributed by atoms with Crippen molar-refractivity contribution in [3.05, 3.63) is 12.7 Å². The van der Waals surface area contributed by atoms with E-state index in [-0.39, 0.29) is 5.75 Å². The SMILES string of the molecule is C=CCN(C(C)(C)C)S(=O)(=O)CCC1CCCCN1. The maximum absolute atomic E-state index is 12.5. The van der Waals surface area contributed by atoms with Crippen LogP contribution in [0.2, 0.25) is 0 Å². The summed E-state index contributed by atoms with van der Waals surface area (Å²) < 4.78 is 26.5. The van der Waals surface area contributed by atoms with Crippen LogP contribution in [0.3, 0.4) is 0 Å². The van der Waals surface area contributed by atoms with Crippen molar-refractivity contribution >= 4 is 10.0 Å². The normalized spacial score (nSPS) is 21.6. The Kier molecular flexibility index (Phi) is 6.02. The number of piperidine rings is 1. The number of nitrogens with zero attached hydrogens (tertiary/aromatic N) is 1. The lowest BCUT2D eigenvalue weighted by Gasteiger charge is -2.34. The molecule has 0 spiro atoms. The molecule has 0 bridgehead atoms. The molecule has 5 heteroatoms. The molecule has 0 radical (unpaired) electrons. The van der Waals surface area contributed by atoms with Crippen LogP contribution in [0.25, 0.3) is 0 Å². The minimum atomic E-state index is -3.22. The second-order valence-corrected chi connectivity index (χ2v) is 8.25. The molecule has 1 rings (SSSR count). The highest BCUT2D eigenvalue weighted by Crippen LogP contribution is 2.20. The minimum Gasteiger partial charge on any atom is -0.314 e. The summed E-state index contributed by atoms with van der Waals surface area (Å²) in [7, 11) is -3.22. The largest absolute Gasteiger partial charge is 0.314 e. The molecule has 112 valence electrons. The summed E-state index contributed by atoms with van der Waals surface area (Å²) >= 11 is 0. The lowest BCUT2D eigenvalue weighted by Crippen LogP contribution is -2.47. The third kappa shape index (κ3) is 5.24. The number of nitrogens with one attached hydrogen (secondary N) is 1. The van der Waals surface area contributed by atoms with E-state index < -0.39 is 15.6 Å². The van der Waals surface area contributed by atoms with Crippen molar-refractivity contribution in [2.24, 2.45) is 0 Å². The van der Waals surface area contributed by atoms with Crippen molar-refractivity contribution in [1.29, 1.82) is 0 Å². The van der Waals surface area contributed by atoms with E-state index in [0.717, 1.165) is 13.0 Å². The molecule has 1 aliphatic heterocycles. The Morgan fingerprint density at radius 3 is 2.53 bits per heavy atom. The fraction of sp³-hybridized carbons (Fsp3) is 0.857. The number of sulfonamides is 1. The Labute approximate surface area is 118 Å². The van der Waals surface area contributed by atoms with Gasteiger partial charge in [-0.1, -0.05) is 12.5 Å². The van der Waals surface area contributed by atoms with Gasteiger partial charge in [0.05, 0.1) is 5.75 Å². The highest BCUT2D eigenvalue weighted by molar-refractivity contribution is 7.89. The van der Waals surface area contributed by atoms with E-state index in [1.807, 2.05) is 20.8 Å². The molecule has 1 unspecified atom stereocenters. The molecule has 4 nitrogen and oxygen atoms in total. The summed E-state index contributed by atoms with van der Waals surface area (Å²) in [5, 5.41) is 3.40. The highest BCUT2D eigenvalue weighted by Gasteiger charge is 2.31. The van der Waals surface area contributed by atoms with Crippen molar-refractivity contribution in [2.45, 2.75) is 58.0 Å². The zero-order chi connectivity index (χ0) is 14.5. The second-order valence-electron chi connectivity index (χ2n) is 6.24. The topological polar surface area (TPSA) is 49.4 Å². The van der Waals surface area contributed by atoms with Crippen LogP contribution in [0, 0.1) is 0 Å². The van der Waals surface area contributed by atoms with Gasteiger partial charge >= 0.3 is 0 Å². The van der Waals surface area contributed by atoms with Gasteiger partial charge in [-0.05, 0) is 46.6 Å². The Bertz CT molecular complexity index is 379. The van der Waals surface area contributed by atoms with Crippen molar-refractivity contribution < 1.29 is 8.42 Å². The van der Waals surface area contributed by atoms with Gasteiger partial charge < -0.3 is 5.32 Å². The number of hydrogen-bond acceptors (Lipinski definition) is 3. The summed E-state index contributed by atoms with van der Waals surface area (Å²) in [6.45, 7) is 10.8. The van der Waals surface area contributed by atoms with Gasteiger partial charge in [-0.2, -0.15) is 4.31 Å². The van der Waals surface area contributed by atoms with Gasteiger partial charge in [-0.3, -0.25) is 0 Å². The smallest absolute Gasteiger partial charge is 0.214 e. The second kappa shape index (κ2) is 6.86. The predicted molar refractivity (Wildman–Crippen MR) is 80.7 cm³/mol. The maximum atomic E-state index is 12.5. The van der Waals surface area contributed by atoms with E-state index in [4.69, 9.17) is 0 Å². The molecule has 0 aromatic heterocycles. The number of rotatable bonds is 6. The predicted octanol–water partition coefficient (Wildman–Crippen LogP) is 2.13. The summed E-state index contributed by atoms with van der Waals surface area (Å²) in [4.78, 5) is 0. The first-order valence-electron chi connectivity index (χ1n) is 7.12. The van der Waals surface area contributed by atoms with Gasteiger partial charge in [0.25, 0.3) is 0 Å². The van der Waals surface area contributed by atoms with E-state index in [1.165, 1.54) is 12.8 Å². The molecule has 1 saturated heterocycles. The summed E-state index contributed by atoms with van der Waals surface area (Å²) in [6, 6.07) is 0.356. The molecule has 0 amide bonds. The maximum Gasteiger partial charge on any atom is 0.214 e. The zero-order valence-electron chi connectivity index (χ0n) is 12.5. The van der Waals surface area contributed by atoms with Crippen LogP contribution in [0.1, 0.15) is 46.5 Å². The van der Waals surface area contributed by atoms with Gasteiger partial charge in [0.2, 0.25) is 10.0 Å². The van der Waals surface area contributed by atoms with Crippen molar-refractivity contribution in [1.82, 2.24) is 9.62 Å². The Hall–Kier alpha value is -0.390. The lowest BCUT2D eigenvalue weighted by molar-refractivity contribution is 0.268. The summed E-state index contributed by atoms with van der Waals surface area (Å²) in [6.07, 6.45) is 5.85. The molecule has 19 heavy (non-hydrogen) atoms. The minimum absolute atomic E-state index is 0.218. The molecule has 1 fully saturated rings. The van der Waals surface area contributed by atoms with E-state index in [0.29, 0.717) is 19.0 Å². The lowest BCUT2D eigenvalue weighted by atomic mass is 10.0. The average Bonchev–Trinajstić information content (AvgIpc) is 2.33. The molecule has 0 aromatic rings. The molecule has 0 saturated carbocycles. The average molecular weight is 288 g/mol. The third-order valence-electron chi connectivity index (χ3n) is 3.52. The fourth-order valence-corrected chi connectivity index (χ4v) is 4.46. The van der Waals surface area contributed by atoms with Gasteiger partial charge in [-0.25, -0.2) is 8.42 Å². The van der Waals surface area contributed by atoms with E-state index >= 15 is 0 Å². The summed E-state index contributed by atoms with van der Waals surface area (Å²) in [5.74, 6) is 0.218. The molecule has 1 aliphatic rings. The van der Waals surface area contributed by atoms with Gasteiger partial charge in [0.1, 0.15) is 0 Å². The van der Waals surface area contributed by atoms with Gasteiger partial charge in [0.15, 0.2) is 0 Å². The third-order valence-corrected chi connectivity index (χ3v) is 5.64. The van der Waals surface area contributed by atoms with E-state index in [2.05, 4.69) is 11.9 Å². The molecular weight excluding hydrogens is 260 g/mol. The highest BCUT2D eigenvalue weighted by atomic mass is 32.2.